The van der Waals surface area contributed by atoms with Crippen LogP contribution in [0.15, 0.2) is 28.7 Å². The van der Waals surface area contributed by atoms with E-state index in [0.717, 1.165) is 10.9 Å². The third-order valence-corrected chi connectivity index (χ3v) is 5.05. The van der Waals surface area contributed by atoms with E-state index in [9.17, 15) is 0 Å². The van der Waals surface area contributed by atoms with Gasteiger partial charge in [-0.15, -0.1) is 0 Å². The first-order valence-corrected chi connectivity index (χ1v) is 7.93. The fourth-order valence-electron chi connectivity index (χ4n) is 3.34. The zero-order chi connectivity index (χ0) is 13.2. The average molecular weight is 324 g/mol. The van der Waals surface area contributed by atoms with Crippen molar-refractivity contribution in [2.45, 2.75) is 18.5 Å². The maximum atomic E-state index is 3.54. The topological polar surface area (TPSA) is 18.5 Å². The first-order chi connectivity index (χ1) is 9.26. The SMILES string of the molecule is CNC(Cc1ccc(Br)cc1)C1CN2CCN1CC2. The van der Waals surface area contributed by atoms with Crippen LogP contribution in [0.5, 0.6) is 0 Å². The minimum atomic E-state index is 0.546. The van der Waals surface area contributed by atoms with Gasteiger partial charge in [0.2, 0.25) is 0 Å². The summed E-state index contributed by atoms with van der Waals surface area (Å²) in [5.74, 6) is 0. The predicted octanol–water partition coefficient (Wildman–Crippen LogP) is 1.58. The molecule has 4 rings (SSSR count). The van der Waals surface area contributed by atoms with Gasteiger partial charge in [-0.05, 0) is 31.2 Å². The van der Waals surface area contributed by atoms with Gasteiger partial charge >= 0.3 is 0 Å². The maximum Gasteiger partial charge on any atom is 0.0380 e. The Labute approximate surface area is 124 Å². The van der Waals surface area contributed by atoms with Crippen molar-refractivity contribution in [2.75, 3.05) is 39.8 Å². The summed E-state index contributed by atoms with van der Waals surface area (Å²) < 4.78 is 1.16. The van der Waals surface area contributed by atoms with Gasteiger partial charge in [0.15, 0.2) is 0 Å². The van der Waals surface area contributed by atoms with E-state index in [2.05, 4.69) is 62.4 Å². The van der Waals surface area contributed by atoms with Gasteiger partial charge in [0.25, 0.3) is 0 Å². The van der Waals surface area contributed by atoms with Gasteiger partial charge in [0, 0.05) is 49.3 Å². The zero-order valence-electron chi connectivity index (χ0n) is 11.5. The molecule has 3 aliphatic rings. The van der Waals surface area contributed by atoms with Gasteiger partial charge in [0.1, 0.15) is 0 Å². The van der Waals surface area contributed by atoms with E-state index >= 15 is 0 Å². The molecule has 19 heavy (non-hydrogen) atoms. The van der Waals surface area contributed by atoms with Crippen LogP contribution >= 0.6 is 15.9 Å². The zero-order valence-corrected chi connectivity index (χ0v) is 13.1. The lowest BCUT2D eigenvalue weighted by Gasteiger charge is -2.50. The van der Waals surface area contributed by atoms with Crippen LogP contribution in [-0.4, -0.2) is 61.7 Å². The molecule has 0 aliphatic carbocycles. The number of likely N-dealkylation sites (N-methyl/N-ethyl adjacent to an activating group) is 1. The molecule has 3 saturated heterocycles. The fraction of sp³-hybridized carbons (Fsp3) is 0.600. The maximum absolute atomic E-state index is 3.54. The molecule has 0 amide bonds. The molecule has 2 atom stereocenters. The van der Waals surface area contributed by atoms with Crippen LogP contribution in [0.2, 0.25) is 0 Å². The molecular formula is C15H22BrN3. The van der Waals surface area contributed by atoms with Crippen molar-refractivity contribution in [2.24, 2.45) is 0 Å². The standard InChI is InChI=1S/C15H22BrN3/c1-17-14(10-12-2-4-13(16)5-3-12)15-11-18-6-8-19(15)9-7-18/h2-5,14-15,17H,6-11H2,1H3. The predicted molar refractivity (Wildman–Crippen MR) is 82.5 cm³/mol. The molecule has 1 N–H and O–H groups in total. The molecule has 2 unspecified atom stereocenters. The Balaban J connectivity index is 1.68. The monoisotopic (exact) mass is 323 g/mol. The molecule has 1 aromatic carbocycles. The molecule has 4 heteroatoms. The highest BCUT2D eigenvalue weighted by Crippen LogP contribution is 2.21. The van der Waals surface area contributed by atoms with Crippen LogP contribution in [-0.2, 0) is 6.42 Å². The second-order valence-electron chi connectivity index (χ2n) is 5.63. The van der Waals surface area contributed by atoms with E-state index in [1.807, 2.05) is 0 Å². The number of nitrogens with zero attached hydrogens (tertiary/aromatic N) is 2. The molecule has 3 fully saturated rings. The lowest BCUT2D eigenvalue weighted by molar-refractivity contribution is -0.00202. The van der Waals surface area contributed by atoms with Gasteiger partial charge in [0.05, 0.1) is 0 Å². The summed E-state index contributed by atoms with van der Waals surface area (Å²) >= 11 is 3.50. The summed E-state index contributed by atoms with van der Waals surface area (Å²) in [4.78, 5) is 5.27. The summed E-state index contributed by atoms with van der Waals surface area (Å²) in [5.41, 5.74) is 1.42. The summed E-state index contributed by atoms with van der Waals surface area (Å²) in [7, 11) is 2.10. The third kappa shape index (κ3) is 3.02. The van der Waals surface area contributed by atoms with E-state index in [1.165, 1.54) is 38.3 Å². The first-order valence-electron chi connectivity index (χ1n) is 7.14. The molecular weight excluding hydrogens is 302 g/mol. The Morgan fingerprint density at radius 2 is 1.89 bits per heavy atom. The van der Waals surface area contributed by atoms with E-state index in [4.69, 9.17) is 0 Å². The molecule has 0 aromatic heterocycles. The van der Waals surface area contributed by atoms with Crippen molar-refractivity contribution >= 4 is 15.9 Å². The van der Waals surface area contributed by atoms with Gasteiger partial charge in [-0.2, -0.15) is 0 Å². The quantitative estimate of drug-likeness (QED) is 0.907. The van der Waals surface area contributed by atoms with E-state index in [0.29, 0.717) is 12.1 Å². The van der Waals surface area contributed by atoms with Gasteiger partial charge in [-0.25, -0.2) is 0 Å². The Kier molecular flexibility index (Phi) is 4.22. The molecule has 3 nitrogen and oxygen atoms in total. The van der Waals surface area contributed by atoms with Crippen LogP contribution in [0.4, 0.5) is 0 Å². The van der Waals surface area contributed by atoms with Crippen molar-refractivity contribution < 1.29 is 0 Å². The minimum Gasteiger partial charge on any atom is -0.315 e. The summed E-state index contributed by atoms with van der Waals surface area (Å²) in [6.45, 7) is 6.21. The summed E-state index contributed by atoms with van der Waals surface area (Å²) in [6, 6.07) is 9.94. The van der Waals surface area contributed by atoms with Crippen LogP contribution in [0.1, 0.15) is 5.56 Å². The molecule has 0 saturated carbocycles. The Morgan fingerprint density at radius 3 is 2.42 bits per heavy atom. The molecule has 2 bridgehead atoms. The molecule has 104 valence electrons. The number of hydrogen-bond donors (Lipinski definition) is 1. The van der Waals surface area contributed by atoms with Crippen LogP contribution < -0.4 is 5.32 Å². The highest BCUT2D eigenvalue weighted by Gasteiger charge is 2.35. The van der Waals surface area contributed by atoms with Crippen molar-refractivity contribution in [3.63, 3.8) is 0 Å². The summed E-state index contributed by atoms with van der Waals surface area (Å²) in [6.07, 6.45) is 1.11. The van der Waals surface area contributed by atoms with E-state index in [-0.39, 0.29) is 0 Å². The Hall–Kier alpha value is -0.420. The van der Waals surface area contributed by atoms with E-state index in [1.54, 1.807) is 0 Å². The molecule has 0 spiro atoms. The highest BCUT2D eigenvalue weighted by molar-refractivity contribution is 9.10. The van der Waals surface area contributed by atoms with Crippen LogP contribution in [0, 0.1) is 0 Å². The van der Waals surface area contributed by atoms with Crippen LogP contribution in [0.3, 0.4) is 0 Å². The number of nitrogens with one attached hydrogen (secondary N) is 1. The van der Waals surface area contributed by atoms with Crippen molar-refractivity contribution in [3.8, 4) is 0 Å². The number of halogens is 1. The van der Waals surface area contributed by atoms with Gasteiger partial charge in [-0.1, -0.05) is 28.1 Å². The highest BCUT2D eigenvalue weighted by atomic mass is 79.9. The Bertz CT molecular complexity index is 412. The lowest BCUT2D eigenvalue weighted by Crippen LogP contribution is -2.66. The molecule has 1 aromatic rings. The second-order valence-corrected chi connectivity index (χ2v) is 6.55. The van der Waals surface area contributed by atoms with Crippen molar-refractivity contribution in [3.05, 3.63) is 34.3 Å². The third-order valence-electron chi connectivity index (χ3n) is 4.53. The lowest BCUT2D eigenvalue weighted by atomic mass is 9.94. The second kappa shape index (κ2) is 5.92. The number of rotatable bonds is 4. The van der Waals surface area contributed by atoms with Crippen molar-refractivity contribution in [1.29, 1.82) is 0 Å². The van der Waals surface area contributed by atoms with Crippen LogP contribution in [0.25, 0.3) is 0 Å². The summed E-state index contributed by atoms with van der Waals surface area (Å²) in [5, 5.41) is 3.54. The number of hydrogen-bond acceptors (Lipinski definition) is 3. The average Bonchev–Trinajstić information content (AvgIpc) is 2.48. The number of fused-ring (bicyclic) bond motifs is 3. The number of benzene rings is 1. The Morgan fingerprint density at radius 1 is 1.21 bits per heavy atom. The first kappa shape index (κ1) is 13.6. The van der Waals surface area contributed by atoms with E-state index < -0.39 is 0 Å². The normalized spacial score (nSPS) is 31.4. The molecule has 0 radical (unpaired) electrons. The van der Waals surface area contributed by atoms with Crippen molar-refractivity contribution in [1.82, 2.24) is 15.1 Å². The minimum absolute atomic E-state index is 0.546. The number of piperazine rings is 3. The van der Waals surface area contributed by atoms with Gasteiger partial charge < -0.3 is 5.32 Å². The molecule has 3 heterocycles. The smallest absolute Gasteiger partial charge is 0.0380 e. The fourth-order valence-corrected chi connectivity index (χ4v) is 3.61. The van der Waals surface area contributed by atoms with Gasteiger partial charge in [-0.3, -0.25) is 9.80 Å². The largest absolute Gasteiger partial charge is 0.315 e. The molecule has 3 aliphatic heterocycles.